The molecule has 3 rings (SSSR count). The number of aromatic nitrogens is 2. The maximum atomic E-state index is 12.2. The fourth-order valence-corrected chi connectivity index (χ4v) is 2.28. The number of nitrogens with zero attached hydrogens (tertiary/aromatic N) is 3. The van der Waals surface area contributed by atoms with E-state index in [-0.39, 0.29) is 21.9 Å². The molecule has 2 aromatic heterocycles. The number of carbonyl (C=O) groups is 1. The molecule has 8 heteroatoms. The third-order valence-electron chi connectivity index (χ3n) is 3.33. The maximum absolute atomic E-state index is 12.2. The Bertz CT molecular complexity index is 965. The van der Waals surface area contributed by atoms with Gasteiger partial charge >= 0.3 is 5.97 Å². The molecule has 0 unspecified atom stereocenters. The number of pyridine rings is 2. The first-order valence-electron chi connectivity index (χ1n) is 6.51. The van der Waals surface area contributed by atoms with Crippen LogP contribution in [0.3, 0.4) is 0 Å². The summed E-state index contributed by atoms with van der Waals surface area (Å²) < 4.78 is 1.41. The van der Waals surface area contributed by atoms with Crippen LogP contribution in [0, 0.1) is 0 Å². The third kappa shape index (κ3) is 2.52. The van der Waals surface area contributed by atoms with Gasteiger partial charge in [0.05, 0.1) is 11.1 Å². The summed E-state index contributed by atoms with van der Waals surface area (Å²) in [4.78, 5) is 27.6. The summed E-state index contributed by atoms with van der Waals surface area (Å²) in [5.74, 6) is -1.35. The summed E-state index contributed by atoms with van der Waals surface area (Å²) in [6, 6.07) is 9.06. The van der Waals surface area contributed by atoms with Crippen molar-refractivity contribution in [3.8, 4) is 5.69 Å². The van der Waals surface area contributed by atoms with E-state index in [1.54, 1.807) is 18.2 Å². The standard InChI is InChI=1S/C15H11N3O5/c19-13-11-5-2-6-16-14(11)17(8-12(13)15(20)21)9-3-1-4-10(7-9)18(22)23/h1-8,22-23H,(H,20,21). The fraction of sp³-hybridized carbons (Fsp3) is 0. The van der Waals surface area contributed by atoms with E-state index in [9.17, 15) is 14.7 Å². The van der Waals surface area contributed by atoms with Crippen LogP contribution in [0.5, 0.6) is 0 Å². The first kappa shape index (κ1) is 14.7. The number of benzene rings is 1. The Kier molecular flexibility index (Phi) is 3.53. The number of hydrogen-bond donors (Lipinski definition) is 3. The molecule has 3 N–H and O–H groups in total. The summed E-state index contributed by atoms with van der Waals surface area (Å²) in [6.45, 7) is 0. The average molecular weight is 313 g/mol. The number of carboxylic acids is 1. The predicted octanol–water partition coefficient (Wildman–Crippen LogP) is 1.67. The number of fused-ring (bicyclic) bond motifs is 1. The molecule has 116 valence electrons. The van der Waals surface area contributed by atoms with Crippen LogP contribution in [-0.4, -0.2) is 31.0 Å². The highest BCUT2D eigenvalue weighted by Crippen LogP contribution is 2.20. The molecule has 0 fully saturated rings. The minimum atomic E-state index is -1.35. The van der Waals surface area contributed by atoms with E-state index in [4.69, 9.17) is 10.4 Å². The van der Waals surface area contributed by atoms with Crippen molar-refractivity contribution in [3.63, 3.8) is 0 Å². The molecule has 0 aliphatic rings. The molecular weight excluding hydrogens is 302 g/mol. The molecule has 0 spiro atoms. The van der Waals surface area contributed by atoms with Crippen LogP contribution in [0.1, 0.15) is 10.4 Å². The lowest BCUT2D eigenvalue weighted by Crippen LogP contribution is -2.19. The van der Waals surface area contributed by atoms with Crippen molar-refractivity contribution in [2.24, 2.45) is 0 Å². The van der Waals surface area contributed by atoms with Crippen molar-refractivity contribution in [1.82, 2.24) is 9.55 Å². The molecule has 0 saturated carbocycles. The zero-order valence-corrected chi connectivity index (χ0v) is 11.6. The number of aromatic carboxylic acids is 1. The van der Waals surface area contributed by atoms with Gasteiger partial charge in [0.25, 0.3) is 0 Å². The molecule has 0 bridgehead atoms. The first-order chi connectivity index (χ1) is 11.0. The second-order valence-electron chi connectivity index (χ2n) is 4.73. The Labute approximate surface area is 129 Å². The first-order valence-corrected chi connectivity index (χ1v) is 6.51. The van der Waals surface area contributed by atoms with Crippen molar-refractivity contribution < 1.29 is 20.3 Å². The van der Waals surface area contributed by atoms with Crippen LogP contribution in [0.25, 0.3) is 16.7 Å². The normalized spacial score (nSPS) is 10.7. The quantitative estimate of drug-likeness (QED) is 0.630. The molecule has 0 amide bonds. The molecule has 0 radical (unpaired) electrons. The molecule has 3 aromatic rings. The van der Waals surface area contributed by atoms with Crippen LogP contribution >= 0.6 is 0 Å². The smallest absolute Gasteiger partial charge is 0.341 e. The molecule has 1 aromatic carbocycles. The Hall–Kier alpha value is -3.23. The van der Waals surface area contributed by atoms with Crippen LogP contribution < -0.4 is 10.7 Å². The SMILES string of the molecule is O=C(O)c1cn(-c2cccc(N(O)O)c2)c2ncccc2c1=O. The zero-order chi connectivity index (χ0) is 16.6. The van der Waals surface area contributed by atoms with E-state index in [1.165, 1.54) is 29.0 Å². The van der Waals surface area contributed by atoms with Gasteiger partial charge in [-0.1, -0.05) is 6.07 Å². The van der Waals surface area contributed by atoms with E-state index < -0.39 is 17.0 Å². The minimum Gasteiger partial charge on any atom is -0.477 e. The molecule has 0 aliphatic heterocycles. The Morgan fingerprint density at radius 3 is 2.65 bits per heavy atom. The molecule has 2 heterocycles. The minimum absolute atomic E-state index is 0.0558. The van der Waals surface area contributed by atoms with Gasteiger partial charge in [-0.2, -0.15) is 0 Å². The van der Waals surface area contributed by atoms with Gasteiger partial charge in [0.15, 0.2) is 0 Å². The number of rotatable bonds is 3. The lowest BCUT2D eigenvalue weighted by atomic mass is 10.2. The van der Waals surface area contributed by atoms with Gasteiger partial charge in [0.2, 0.25) is 5.43 Å². The summed E-state index contributed by atoms with van der Waals surface area (Å²) in [5, 5.41) is 27.5. The highest BCUT2D eigenvalue weighted by atomic mass is 16.8. The molecule has 23 heavy (non-hydrogen) atoms. The topological polar surface area (TPSA) is 116 Å². The summed E-state index contributed by atoms with van der Waals surface area (Å²) in [5.41, 5.74) is -0.272. The van der Waals surface area contributed by atoms with Gasteiger partial charge in [0.1, 0.15) is 11.2 Å². The van der Waals surface area contributed by atoms with Crippen LogP contribution in [0.4, 0.5) is 5.69 Å². The Balaban J connectivity index is 2.37. The third-order valence-corrected chi connectivity index (χ3v) is 3.33. The molecular formula is C15H11N3O5. The van der Waals surface area contributed by atoms with Gasteiger partial charge < -0.3 is 9.67 Å². The molecule has 0 atom stereocenters. The molecule has 0 saturated heterocycles. The fourth-order valence-electron chi connectivity index (χ4n) is 2.28. The van der Waals surface area contributed by atoms with E-state index in [0.29, 0.717) is 5.69 Å². The zero-order valence-electron chi connectivity index (χ0n) is 11.6. The predicted molar refractivity (Wildman–Crippen MR) is 80.4 cm³/mol. The summed E-state index contributed by atoms with van der Waals surface area (Å²) in [6.07, 6.45) is 2.64. The van der Waals surface area contributed by atoms with E-state index >= 15 is 0 Å². The van der Waals surface area contributed by atoms with E-state index in [0.717, 1.165) is 6.20 Å². The van der Waals surface area contributed by atoms with Crippen molar-refractivity contribution >= 4 is 22.7 Å². The van der Waals surface area contributed by atoms with Gasteiger partial charge in [-0.3, -0.25) is 15.2 Å². The Morgan fingerprint density at radius 1 is 1.17 bits per heavy atom. The highest BCUT2D eigenvalue weighted by Gasteiger charge is 2.16. The second-order valence-corrected chi connectivity index (χ2v) is 4.73. The number of anilines is 1. The second kappa shape index (κ2) is 5.52. The van der Waals surface area contributed by atoms with Crippen molar-refractivity contribution in [2.75, 3.05) is 5.23 Å². The summed E-state index contributed by atoms with van der Waals surface area (Å²) >= 11 is 0. The van der Waals surface area contributed by atoms with Gasteiger partial charge in [-0.05, 0) is 30.3 Å². The van der Waals surface area contributed by atoms with Crippen LogP contribution in [0.15, 0.2) is 53.6 Å². The number of hydrogen-bond acceptors (Lipinski definition) is 6. The van der Waals surface area contributed by atoms with Crippen LogP contribution in [-0.2, 0) is 0 Å². The van der Waals surface area contributed by atoms with Crippen molar-refractivity contribution in [1.29, 1.82) is 0 Å². The van der Waals surface area contributed by atoms with Gasteiger partial charge in [-0.15, -0.1) is 5.23 Å². The maximum Gasteiger partial charge on any atom is 0.341 e. The molecule has 8 nitrogen and oxygen atoms in total. The van der Waals surface area contributed by atoms with Crippen molar-refractivity contribution in [3.05, 3.63) is 64.6 Å². The lowest BCUT2D eigenvalue weighted by molar-refractivity contribution is 0.0291. The Morgan fingerprint density at radius 2 is 1.96 bits per heavy atom. The number of carboxylic acid groups (broad SMARTS) is 1. The van der Waals surface area contributed by atoms with Crippen LogP contribution in [0.2, 0.25) is 0 Å². The van der Waals surface area contributed by atoms with E-state index in [1.807, 2.05) is 0 Å². The summed E-state index contributed by atoms with van der Waals surface area (Å²) in [7, 11) is 0. The monoisotopic (exact) mass is 313 g/mol. The average Bonchev–Trinajstić information content (AvgIpc) is 2.55. The highest BCUT2D eigenvalue weighted by molar-refractivity contribution is 5.92. The van der Waals surface area contributed by atoms with E-state index in [2.05, 4.69) is 4.98 Å². The van der Waals surface area contributed by atoms with Gasteiger partial charge in [-0.25, -0.2) is 9.78 Å². The lowest BCUT2D eigenvalue weighted by Gasteiger charge is -2.14. The van der Waals surface area contributed by atoms with Gasteiger partial charge in [0, 0.05) is 18.1 Å². The van der Waals surface area contributed by atoms with Crippen molar-refractivity contribution in [2.45, 2.75) is 0 Å². The molecule has 0 aliphatic carbocycles. The largest absolute Gasteiger partial charge is 0.477 e.